The quantitative estimate of drug-likeness (QED) is 0.844. The van der Waals surface area contributed by atoms with E-state index in [0.717, 1.165) is 49.8 Å². The molecule has 0 saturated carbocycles. The molecule has 0 atom stereocenters. The Hall–Kier alpha value is -1.09. The molecule has 1 saturated heterocycles. The van der Waals surface area contributed by atoms with Gasteiger partial charge in [-0.25, -0.2) is 4.39 Å². The number of hydrogen-bond donors (Lipinski definition) is 1. The van der Waals surface area contributed by atoms with Crippen LogP contribution in [0.1, 0.15) is 18.4 Å². The van der Waals surface area contributed by atoms with Gasteiger partial charge in [-0.3, -0.25) is 0 Å². The number of hydrogen-bond acceptors (Lipinski definition) is 2. The number of halogens is 1. The van der Waals surface area contributed by atoms with Crippen molar-refractivity contribution in [3.8, 4) is 0 Å². The van der Waals surface area contributed by atoms with Crippen molar-refractivity contribution in [2.24, 2.45) is 5.92 Å². The van der Waals surface area contributed by atoms with Gasteiger partial charge in [0.1, 0.15) is 5.82 Å². The average Bonchev–Trinajstić information content (AvgIpc) is 2.76. The lowest BCUT2D eigenvalue weighted by Crippen LogP contribution is -2.35. The van der Waals surface area contributed by atoms with Crippen LogP contribution in [0.25, 0.3) is 0 Å². The van der Waals surface area contributed by atoms with Crippen LogP contribution in [0.4, 0.5) is 10.1 Å². The van der Waals surface area contributed by atoms with Crippen molar-refractivity contribution in [1.29, 1.82) is 0 Å². The number of nitrogens with one attached hydrogen (secondary N) is 1. The van der Waals surface area contributed by atoms with E-state index in [-0.39, 0.29) is 5.82 Å². The second-order valence-electron chi connectivity index (χ2n) is 5.13. The summed E-state index contributed by atoms with van der Waals surface area (Å²) in [6.45, 7) is 4.35. The fraction of sp³-hybridized carbons (Fsp3) is 0.571. The zero-order chi connectivity index (χ0) is 11.7. The minimum Gasteiger partial charge on any atom is -0.371 e. The van der Waals surface area contributed by atoms with Crippen molar-refractivity contribution < 1.29 is 4.39 Å². The van der Waals surface area contributed by atoms with E-state index in [0.29, 0.717) is 0 Å². The molecule has 2 heterocycles. The van der Waals surface area contributed by atoms with E-state index in [4.69, 9.17) is 0 Å². The molecule has 2 aliphatic heterocycles. The van der Waals surface area contributed by atoms with Crippen molar-refractivity contribution in [3.63, 3.8) is 0 Å². The van der Waals surface area contributed by atoms with Gasteiger partial charge in [-0.15, -0.1) is 0 Å². The van der Waals surface area contributed by atoms with Crippen molar-refractivity contribution >= 4 is 5.69 Å². The number of rotatable bonds is 2. The van der Waals surface area contributed by atoms with Gasteiger partial charge in [-0.2, -0.15) is 0 Å². The molecule has 0 aromatic heterocycles. The zero-order valence-corrected chi connectivity index (χ0v) is 10.1. The lowest BCUT2D eigenvalue weighted by Gasteiger charge is -2.29. The van der Waals surface area contributed by atoms with Gasteiger partial charge in [0, 0.05) is 24.3 Å². The highest BCUT2D eigenvalue weighted by atomic mass is 19.1. The maximum Gasteiger partial charge on any atom is 0.128 e. The maximum atomic E-state index is 13.6. The van der Waals surface area contributed by atoms with E-state index < -0.39 is 0 Å². The molecule has 17 heavy (non-hydrogen) atoms. The SMILES string of the molecule is Fc1cccc2c1CCN2CC1CCNCC1. The topological polar surface area (TPSA) is 15.3 Å². The van der Waals surface area contributed by atoms with E-state index in [1.807, 2.05) is 6.07 Å². The molecule has 3 heteroatoms. The third-order valence-electron chi connectivity index (χ3n) is 4.00. The Labute approximate surface area is 102 Å². The Morgan fingerprint density at radius 2 is 2.12 bits per heavy atom. The van der Waals surface area contributed by atoms with E-state index >= 15 is 0 Å². The smallest absolute Gasteiger partial charge is 0.128 e. The molecular weight excluding hydrogens is 215 g/mol. The van der Waals surface area contributed by atoms with Crippen LogP contribution >= 0.6 is 0 Å². The number of piperidine rings is 1. The van der Waals surface area contributed by atoms with Crippen LogP contribution in [-0.4, -0.2) is 26.2 Å². The monoisotopic (exact) mass is 234 g/mol. The zero-order valence-electron chi connectivity index (χ0n) is 10.1. The Bertz CT molecular complexity index is 399. The number of fused-ring (bicyclic) bond motifs is 1. The molecule has 3 rings (SSSR count). The second-order valence-corrected chi connectivity index (χ2v) is 5.13. The van der Waals surface area contributed by atoms with Crippen LogP contribution < -0.4 is 10.2 Å². The predicted octanol–water partition coefficient (Wildman–Crippen LogP) is 2.19. The summed E-state index contributed by atoms with van der Waals surface area (Å²) in [6, 6.07) is 5.47. The van der Waals surface area contributed by atoms with Gasteiger partial charge in [0.15, 0.2) is 0 Å². The molecule has 0 amide bonds. The van der Waals surface area contributed by atoms with Crippen LogP contribution in [0.5, 0.6) is 0 Å². The number of benzene rings is 1. The van der Waals surface area contributed by atoms with Crippen LogP contribution in [0.15, 0.2) is 18.2 Å². The summed E-state index contributed by atoms with van der Waals surface area (Å²) in [5.41, 5.74) is 2.05. The summed E-state index contributed by atoms with van der Waals surface area (Å²) in [6.07, 6.45) is 3.37. The Morgan fingerprint density at radius 3 is 2.94 bits per heavy atom. The first-order valence-electron chi connectivity index (χ1n) is 6.57. The molecule has 0 spiro atoms. The Kier molecular flexibility index (Phi) is 3.02. The maximum absolute atomic E-state index is 13.6. The van der Waals surface area contributed by atoms with Crippen molar-refractivity contribution in [2.75, 3.05) is 31.1 Å². The molecule has 1 fully saturated rings. The molecule has 2 aliphatic rings. The highest BCUT2D eigenvalue weighted by Crippen LogP contribution is 2.31. The number of anilines is 1. The molecule has 1 aromatic carbocycles. The fourth-order valence-corrected chi connectivity index (χ4v) is 3.02. The van der Waals surface area contributed by atoms with Gasteiger partial charge in [-0.1, -0.05) is 6.07 Å². The third-order valence-corrected chi connectivity index (χ3v) is 4.00. The first kappa shape index (κ1) is 11.0. The van der Waals surface area contributed by atoms with Crippen LogP contribution in [-0.2, 0) is 6.42 Å². The van der Waals surface area contributed by atoms with Gasteiger partial charge in [0.05, 0.1) is 0 Å². The van der Waals surface area contributed by atoms with Gasteiger partial charge in [-0.05, 0) is 50.4 Å². The largest absolute Gasteiger partial charge is 0.371 e. The fourth-order valence-electron chi connectivity index (χ4n) is 3.02. The summed E-state index contributed by atoms with van der Waals surface area (Å²) in [4.78, 5) is 2.37. The molecule has 0 radical (unpaired) electrons. The summed E-state index contributed by atoms with van der Waals surface area (Å²) in [5.74, 6) is 0.737. The van der Waals surface area contributed by atoms with E-state index in [1.165, 1.54) is 12.8 Å². The van der Waals surface area contributed by atoms with Crippen LogP contribution in [0.3, 0.4) is 0 Å². The lowest BCUT2D eigenvalue weighted by molar-refractivity contribution is 0.375. The minimum absolute atomic E-state index is 0.0321. The van der Waals surface area contributed by atoms with Crippen molar-refractivity contribution in [2.45, 2.75) is 19.3 Å². The Balaban J connectivity index is 1.72. The van der Waals surface area contributed by atoms with Gasteiger partial charge in [0.25, 0.3) is 0 Å². The van der Waals surface area contributed by atoms with Gasteiger partial charge < -0.3 is 10.2 Å². The third kappa shape index (κ3) is 2.16. The normalized spacial score (nSPS) is 20.6. The first-order chi connectivity index (χ1) is 8.34. The van der Waals surface area contributed by atoms with Crippen LogP contribution in [0, 0.1) is 11.7 Å². The van der Waals surface area contributed by atoms with E-state index in [1.54, 1.807) is 6.07 Å². The summed E-state index contributed by atoms with van der Waals surface area (Å²) < 4.78 is 13.6. The molecule has 0 unspecified atom stereocenters. The Morgan fingerprint density at radius 1 is 1.29 bits per heavy atom. The van der Waals surface area contributed by atoms with E-state index in [9.17, 15) is 4.39 Å². The highest BCUT2D eigenvalue weighted by Gasteiger charge is 2.24. The van der Waals surface area contributed by atoms with Crippen molar-refractivity contribution in [1.82, 2.24) is 5.32 Å². The molecule has 92 valence electrons. The molecule has 1 N–H and O–H groups in total. The highest BCUT2D eigenvalue weighted by molar-refractivity contribution is 5.58. The molecule has 0 bridgehead atoms. The number of nitrogens with zero attached hydrogens (tertiary/aromatic N) is 1. The summed E-state index contributed by atoms with van der Waals surface area (Å²) in [7, 11) is 0. The van der Waals surface area contributed by atoms with Gasteiger partial charge >= 0.3 is 0 Å². The van der Waals surface area contributed by atoms with E-state index in [2.05, 4.69) is 16.3 Å². The second kappa shape index (κ2) is 4.65. The molecular formula is C14H19FN2. The molecule has 1 aromatic rings. The standard InChI is InChI=1S/C14H19FN2/c15-13-2-1-3-14-12(13)6-9-17(14)10-11-4-7-16-8-5-11/h1-3,11,16H,4-10H2. The average molecular weight is 234 g/mol. The first-order valence-corrected chi connectivity index (χ1v) is 6.57. The van der Waals surface area contributed by atoms with Gasteiger partial charge in [0.2, 0.25) is 0 Å². The van der Waals surface area contributed by atoms with Crippen molar-refractivity contribution in [3.05, 3.63) is 29.6 Å². The lowest BCUT2D eigenvalue weighted by atomic mass is 9.97. The molecule has 0 aliphatic carbocycles. The molecule has 2 nitrogen and oxygen atoms in total. The minimum atomic E-state index is -0.0321. The summed E-state index contributed by atoms with van der Waals surface area (Å²) in [5, 5.41) is 3.39. The summed E-state index contributed by atoms with van der Waals surface area (Å²) >= 11 is 0. The predicted molar refractivity (Wildman–Crippen MR) is 67.9 cm³/mol. The van der Waals surface area contributed by atoms with Crippen LogP contribution in [0.2, 0.25) is 0 Å².